The largest absolute Gasteiger partial charge is 0.480 e. The van der Waals surface area contributed by atoms with Gasteiger partial charge in [0.05, 0.1) is 64.6 Å². The SMILES string of the molecule is CC(C)C(=O)OCC1CN(C(=O)CCOCCOCCOCCNC(=O)OCc2ccccc2)CCN1CC(=O)O. The number of piperazine rings is 1. The van der Waals surface area contributed by atoms with Crippen molar-refractivity contribution in [3.63, 3.8) is 0 Å². The molecular formula is C28H43N3O10. The van der Waals surface area contributed by atoms with Crippen LogP contribution in [0, 0.1) is 5.92 Å². The monoisotopic (exact) mass is 581 g/mol. The van der Waals surface area contributed by atoms with Crippen molar-refractivity contribution in [2.75, 3.05) is 79.0 Å². The predicted molar refractivity (Wildman–Crippen MR) is 147 cm³/mol. The van der Waals surface area contributed by atoms with Crippen molar-refractivity contribution in [1.82, 2.24) is 15.1 Å². The molecule has 1 atom stereocenters. The number of carbonyl (C=O) groups excluding carboxylic acids is 3. The molecule has 1 unspecified atom stereocenters. The first-order valence-electron chi connectivity index (χ1n) is 13.8. The number of benzene rings is 1. The molecule has 2 amide bonds. The molecule has 1 aromatic carbocycles. The molecule has 1 fully saturated rings. The molecular weight excluding hydrogens is 538 g/mol. The topological polar surface area (TPSA) is 153 Å². The minimum absolute atomic E-state index is 0.0312. The molecule has 230 valence electrons. The zero-order valence-corrected chi connectivity index (χ0v) is 24.0. The number of aliphatic carboxylic acids is 1. The van der Waals surface area contributed by atoms with Gasteiger partial charge < -0.3 is 39.0 Å². The predicted octanol–water partition coefficient (Wildman–Crippen LogP) is 1.15. The third kappa shape index (κ3) is 14.8. The summed E-state index contributed by atoms with van der Waals surface area (Å²) in [7, 11) is 0. The fraction of sp³-hybridized carbons (Fsp3) is 0.643. The highest BCUT2D eigenvalue weighted by molar-refractivity contribution is 5.76. The lowest BCUT2D eigenvalue weighted by Gasteiger charge is -2.40. The zero-order valence-electron chi connectivity index (χ0n) is 24.0. The van der Waals surface area contributed by atoms with Gasteiger partial charge >= 0.3 is 18.0 Å². The van der Waals surface area contributed by atoms with Gasteiger partial charge in [0, 0.05) is 26.2 Å². The first-order valence-corrected chi connectivity index (χ1v) is 13.8. The fourth-order valence-corrected chi connectivity index (χ4v) is 3.86. The van der Waals surface area contributed by atoms with Gasteiger partial charge in [-0.15, -0.1) is 0 Å². The number of esters is 1. The Labute approximate surface area is 241 Å². The summed E-state index contributed by atoms with van der Waals surface area (Å²) in [5.74, 6) is -1.73. The van der Waals surface area contributed by atoms with Gasteiger partial charge in [0.15, 0.2) is 0 Å². The Hall–Kier alpha value is -3.26. The summed E-state index contributed by atoms with van der Waals surface area (Å²) in [6.45, 7) is 6.84. The molecule has 1 saturated heterocycles. The quantitative estimate of drug-likeness (QED) is 0.179. The number of nitrogens with zero attached hydrogens (tertiary/aromatic N) is 2. The van der Waals surface area contributed by atoms with E-state index in [1.54, 1.807) is 23.6 Å². The van der Waals surface area contributed by atoms with E-state index in [1.165, 1.54) is 0 Å². The van der Waals surface area contributed by atoms with E-state index in [9.17, 15) is 24.3 Å². The smallest absolute Gasteiger partial charge is 0.407 e. The molecule has 1 aromatic rings. The van der Waals surface area contributed by atoms with E-state index in [1.807, 2.05) is 30.3 Å². The summed E-state index contributed by atoms with van der Waals surface area (Å²) in [6, 6.07) is 9.03. The van der Waals surface area contributed by atoms with Gasteiger partial charge in [-0.05, 0) is 5.56 Å². The minimum atomic E-state index is -0.971. The van der Waals surface area contributed by atoms with Crippen LogP contribution in [-0.4, -0.2) is 124 Å². The molecule has 0 aliphatic carbocycles. The van der Waals surface area contributed by atoms with Crippen LogP contribution in [0.3, 0.4) is 0 Å². The standard InChI is InChI=1S/C28H43N3O10/c1-22(2)27(35)40-21-24-18-31(11-10-30(24)19-26(33)34)25(32)8-12-37-14-16-39-17-15-38-13-9-29-28(36)41-20-23-6-4-3-5-7-23/h3-7,22,24H,8-21H2,1-2H3,(H,29,36)(H,33,34). The van der Waals surface area contributed by atoms with E-state index >= 15 is 0 Å². The number of nitrogens with one attached hydrogen (secondary N) is 1. The Morgan fingerprint density at radius 1 is 0.927 bits per heavy atom. The first-order chi connectivity index (χ1) is 19.8. The van der Waals surface area contributed by atoms with E-state index < -0.39 is 12.1 Å². The van der Waals surface area contributed by atoms with Crippen LogP contribution < -0.4 is 5.32 Å². The molecule has 2 N–H and O–H groups in total. The number of hydrogen-bond donors (Lipinski definition) is 2. The Balaban J connectivity index is 1.47. The first kappa shape index (κ1) is 33.9. The van der Waals surface area contributed by atoms with Crippen LogP contribution in [0.2, 0.25) is 0 Å². The molecule has 13 nitrogen and oxygen atoms in total. The molecule has 1 aliphatic heterocycles. The molecule has 2 rings (SSSR count). The molecule has 0 radical (unpaired) electrons. The van der Waals surface area contributed by atoms with Crippen molar-refractivity contribution in [3.8, 4) is 0 Å². The summed E-state index contributed by atoms with van der Waals surface area (Å²) in [6.07, 6.45) is -0.321. The van der Waals surface area contributed by atoms with Crippen LogP contribution >= 0.6 is 0 Å². The summed E-state index contributed by atoms with van der Waals surface area (Å²) in [5.41, 5.74) is 0.913. The number of carbonyl (C=O) groups is 4. The second-order valence-corrected chi connectivity index (χ2v) is 9.72. The average molecular weight is 582 g/mol. The van der Waals surface area contributed by atoms with Gasteiger partial charge in [-0.2, -0.15) is 0 Å². The van der Waals surface area contributed by atoms with E-state index in [-0.39, 0.29) is 63.2 Å². The lowest BCUT2D eigenvalue weighted by Crippen LogP contribution is -2.57. The van der Waals surface area contributed by atoms with Gasteiger partial charge in [-0.3, -0.25) is 19.3 Å². The number of rotatable bonds is 19. The van der Waals surface area contributed by atoms with Crippen LogP contribution in [0.4, 0.5) is 4.79 Å². The second kappa shape index (κ2) is 19.8. The molecule has 0 aromatic heterocycles. The third-order valence-electron chi connectivity index (χ3n) is 6.12. The molecule has 41 heavy (non-hydrogen) atoms. The van der Waals surface area contributed by atoms with Crippen molar-refractivity contribution < 1.29 is 48.0 Å². The molecule has 0 bridgehead atoms. The molecule has 0 spiro atoms. The number of carboxylic acids is 1. The zero-order chi connectivity index (χ0) is 29.9. The van der Waals surface area contributed by atoms with Crippen molar-refractivity contribution in [2.45, 2.75) is 32.9 Å². The highest BCUT2D eigenvalue weighted by atomic mass is 16.6. The van der Waals surface area contributed by atoms with Gasteiger partial charge in [-0.25, -0.2) is 4.79 Å². The minimum Gasteiger partial charge on any atom is -0.480 e. The lowest BCUT2D eigenvalue weighted by molar-refractivity contribution is -0.151. The van der Waals surface area contributed by atoms with Gasteiger partial charge in [0.2, 0.25) is 5.91 Å². The number of alkyl carbamates (subject to hydrolysis) is 1. The van der Waals surface area contributed by atoms with Crippen LogP contribution in [0.15, 0.2) is 30.3 Å². The van der Waals surface area contributed by atoms with Crippen molar-refractivity contribution in [3.05, 3.63) is 35.9 Å². The highest BCUT2D eigenvalue weighted by Gasteiger charge is 2.31. The van der Waals surface area contributed by atoms with Gasteiger partial charge in [0.1, 0.15) is 13.2 Å². The molecule has 1 aliphatic rings. The Morgan fingerprint density at radius 2 is 1.59 bits per heavy atom. The van der Waals surface area contributed by atoms with Crippen LogP contribution in [-0.2, 0) is 44.7 Å². The second-order valence-electron chi connectivity index (χ2n) is 9.72. The number of ether oxygens (including phenoxy) is 5. The van der Waals surface area contributed by atoms with Gasteiger partial charge in [0.25, 0.3) is 0 Å². The summed E-state index contributed by atoms with van der Waals surface area (Å²) >= 11 is 0. The van der Waals surface area contributed by atoms with Crippen LogP contribution in [0.25, 0.3) is 0 Å². The molecule has 13 heteroatoms. The summed E-state index contributed by atoms with van der Waals surface area (Å²) in [4.78, 5) is 50.7. The van der Waals surface area contributed by atoms with Crippen LogP contribution in [0.5, 0.6) is 0 Å². The maximum atomic E-state index is 12.6. The molecule has 0 saturated carbocycles. The van der Waals surface area contributed by atoms with Crippen molar-refractivity contribution in [1.29, 1.82) is 0 Å². The Morgan fingerprint density at radius 3 is 2.24 bits per heavy atom. The van der Waals surface area contributed by atoms with E-state index in [2.05, 4.69) is 5.32 Å². The van der Waals surface area contributed by atoms with E-state index in [0.717, 1.165) is 5.56 Å². The summed E-state index contributed by atoms with van der Waals surface area (Å²) < 4.78 is 26.8. The Bertz CT molecular complexity index is 931. The van der Waals surface area contributed by atoms with Crippen molar-refractivity contribution in [2.24, 2.45) is 5.92 Å². The highest BCUT2D eigenvalue weighted by Crippen LogP contribution is 2.13. The molecule has 1 heterocycles. The fourth-order valence-electron chi connectivity index (χ4n) is 3.86. The van der Waals surface area contributed by atoms with Gasteiger partial charge in [-0.1, -0.05) is 44.2 Å². The number of hydrogen-bond acceptors (Lipinski definition) is 10. The van der Waals surface area contributed by atoms with E-state index in [4.69, 9.17) is 23.7 Å². The normalized spacial score (nSPS) is 15.5. The maximum absolute atomic E-state index is 12.6. The number of amides is 2. The summed E-state index contributed by atoms with van der Waals surface area (Å²) in [5, 5.41) is 11.8. The Kier molecular flexibility index (Phi) is 16.4. The van der Waals surface area contributed by atoms with E-state index in [0.29, 0.717) is 52.7 Å². The number of carboxylic acid groups (broad SMARTS) is 1. The van der Waals surface area contributed by atoms with Crippen molar-refractivity contribution >= 4 is 23.9 Å². The lowest BCUT2D eigenvalue weighted by atomic mass is 10.1. The van der Waals surface area contributed by atoms with Crippen LogP contribution in [0.1, 0.15) is 25.8 Å². The average Bonchev–Trinajstić information content (AvgIpc) is 2.95. The maximum Gasteiger partial charge on any atom is 0.407 e. The third-order valence-corrected chi connectivity index (χ3v) is 6.12.